The second-order valence-electron chi connectivity index (χ2n) is 2.51. The highest BCUT2D eigenvalue weighted by Gasteiger charge is 2.47. The van der Waals surface area contributed by atoms with Crippen LogP contribution in [0, 0.1) is 6.61 Å². The molecule has 1 saturated carbocycles. The molecule has 1 heteroatoms. The zero-order valence-electron chi connectivity index (χ0n) is 4.31. The van der Waals surface area contributed by atoms with E-state index in [1.54, 1.807) is 0 Å². The van der Waals surface area contributed by atoms with Crippen molar-refractivity contribution in [3.05, 3.63) is 6.61 Å². The Kier molecular flexibility index (Phi) is 0.571. The van der Waals surface area contributed by atoms with Crippen LogP contribution in [-0.2, 0) is 4.74 Å². The molecule has 1 heterocycles. The molecular formula is C6H9O. The number of epoxide rings is 1. The Morgan fingerprint density at radius 2 is 1.86 bits per heavy atom. The zero-order chi connectivity index (χ0) is 4.74. The predicted molar refractivity (Wildman–Crippen MR) is 26.6 cm³/mol. The number of ether oxygens (including phenoxy) is 1. The third kappa shape index (κ3) is 0.480. The van der Waals surface area contributed by atoms with Gasteiger partial charge in [0.2, 0.25) is 0 Å². The van der Waals surface area contributed by atoms with Crippen LogP contribution in [0.15, 0.2) is 0 Å². The van der Waals surface area contributed by atoms with E-state index in [4.69, 9.17) is 4.74 Å². The molecule has 0 aromatic rings. The van der Waals surface area contributed by atoms with E-state index in [0.717, 1.165) is 0 Å². The van der Waals surface area contributed by atoms with Crippen molar-refractivity contribution in [2.45, 2.75) is 31.3 Å². The van der Waals surface area contributed by atoms with Crippen LogP contribution in [0.1, 0.15) is 25.7 Å². The minimum absolute atomic E-state index is 0.319. The minimum Gasteiger partial charge on any atom is -0.363 e. The Hall–Kier alpha value is -0.0400. The van der Waals surface area contributed by atoms with Gasteiger partial charge in [-0.3, -0.25) is 0 Å². The summed E-state index contributed by atoms with van der Waals surface area (Å²) in [7, 11) is 0. The second kappa shape index (κ2) is 1.03. The summed E-state index contributed by atoms with van der Waals surface area (Å²) in [5.74, 6) is 0. The Balaban J connectivity index is 2.07. The smallest absolute Gasteiger partial charge is 0.116 e. The maximum atomic E-state index is 5.13. The molecule has 0 N–H and O–H groups in total. The lowest BCUT2D eigenvalue weighted by Gasteiger charge is -1.92. The first-order chi connectivity index (χ1) is 3.41. The van der Waals surface area contributed by atoms with Gasteiger partial charge >= 0.3 is 0 Å². The quantitative estimate of drug-likeness (QED) is 0.417. The molecule has 1 radical (unpaired) electrons. The first-order valence-electron chi connectivity index (χ1n) is 2.94. The first kappa shape index (κ1) is 3.90. The van der Waals surface area contributed by atoms with Crippen LogP contribution in [-0.4, -0.2) is 5.60 Å². The summed E-state index contributed by atoms with van der Waals surface area (Å²) in [5.41, 5.74) is 0.319. The lowest BCUT2D eigenvalue weighted by atomic mass is 10.1. The fraction of sp³-hybridized carbons (Fsp3) is 0.833. The Labute approximate surface area is 43.7 Å². The van der Waals surface area contributed by atoms with E-state index in [1.165, 1.54) is 25.7 Å². The van der Waals surface area contributed by atoms with Crippen molar-refractivity contribution >= 4 is 0 Å². The molecule has 0 aromatic heterocycles. The van der Waals surface area contributed by atoms with E-state index in [0.29, 0.717) is 5.60 Å². The molecule has 7 heavy (non-hydrogen) atoms. The summed E-state index contributed by atoms with van der Waals surface area (Å²) in [6, 6.07) is 0. The van der Waals surface area contributed by atoms with E-state index in [-0.39, 0.29) is 0 Å². The number of hydrogen-bond acceptors (Lipinski definition) is 1. The summed E-state index contributed by atoms with van der Waals surface area (Å²) >= 11 is 0. The standard InChI is InChI=1S/C6H9O/c1-2-4-6(3-1)5-7-6/h5H,1-4H2. The van der Waals surface area contributed by atoms with Crippen molar-refractivity contribution in [2.24, 2.45) is 0 Å². The molecule has 2 fully saturated rings. The molecule has 1 nitrogen and oxygen atoms in total. The van der Waals surface area contributed by atoms with Crippen LogP contribution >= 0.6 is 0 Å². The van der Waals surface area contributed by atoms with Crippen molar-refractivity contribution in [3.8, 4) is 0 Å². The molecule has 1 saturated heterocycles. The molecule has 0 atom stereocenters. The molecule has 2 rings (SSSR count). The topological polar surface area (TPSA) is 12.5 Å². The Morgan fingerprint density at radius 1 is 1.29 bits per heavy atom. The van der Waals surface area contributed by atoms with Crippen LogP contribution in [0.4, 0.5) is 0 Å². The van der Waals surface area contributed by atoms with Gasteiger partial charge in [-0.1, -0.05) is 12.8 Å². The largest absolute Gasteiger partial charge is 0.363 e. The van der Waals surface area contributed by atoms with Gasteiger partial charge in [-0.15, -0.1) is 0 Å². The summed E-state index contributed by atoms with van der Waals surface area (Å²) in [6.45, 7) is 1.99. The fourth-order valence-corrected chi connectivity index (χ4v) is 1.29. The second-order valence-corrected chi connectivity index (χ2v) is 2.51. The molecule has 0 amide bonds. The average molecular weight is 97.1 g/mol. The molecule has 1 spiro atoms. The first-order valence-corrected chi connectivity index (χ1v) is 2.94. The van der Waals surface area contributed by atoms with Crippen molar-refractivity contribution in [1.29, 1.82) is 0 Å². The molecule has 2 aliphatic rings. The SMILES string of the molecule is [CH]1OC12CCCC2. The number of hydrogen-bond donors (Lipinski definition) is 0. The van der Waals surface area contributed by atoms with Gasteiger partial charge in [-0.2, -0.15) is 0 Å². The lowest BCUT2D eigenvalue weighted by molar-refractivity contribution is 0.315. The maximum Gasteiger partial charge on any atom is 0.116 e. The van der Waals surface area contributed by atoms with Crippen LogP contribution in [0.25, 0.3) is 0 Å². The number of rotatable bonds is 0. The average Bonchev–Trinajstić information content (AvgIpc) is 2.15. The minimum atomic E-state index is 0.319. The zero-order valence-corrected chi connectivity index (χ0v) is 4.31. The van der Waals surface area contributed by atoms with Crippen molar-refractivity contribution in [2.75, 3.05) is 0 Å². The highest BCUT2D eigenvalue weighted by Crippen LogP contribution is 2.46. The highest BCUT2D eigenvalue weighted by molar-refractivity contribution is 5.05. The van der Waals surface area contributed by atoms with Crippen LogP contribution < -0.4 is 0 Å². The molecule has 1 aliphatic carbocycles. The van der Waals surface area contributed by atoms with Crippen molar-refractivity contribution in [1.82, 2.24) is 0 Å². The van der Waals surface area contributed by atoms with Gasteiger partial charge in [0.25, 0.3) is 0 Å². The molecule has 0 unspecified atom stereocenters. The van der Waals surface area contributed by atoms with Gasteiger partial charge in [-0.25, -0.2) is 0 Å². The van der Waals surface area contributed by atoms with Gasteiger partial charge in [0.05, 0.1) is 5.60 Å². The van der Waals surface area contributed by atoms with E-state index < -0.39 is 0 Å². The Bertz CT molecular complexity index is 76.2. The summed E-state index contributed by atoms with van der Waals surface area (Å²) in [4.78, 5) is 0. The predicted octanol–water partition coefficient (Wildman–Crippen LogP) is 1.49. The molecule has 0 bridgehead atoms. The maximum absolute atomic E-state index is 5.13. The fourth-order valence-electron chi connectivity index (χ4n) is 1.29. The summed E-state index contributed by atoms with van der Waals surface area (Å²) in [6.07, 6.45) is 5.31. The van der Waals surface area contributed by atoms with Crippen LogP contribution in [0.3, 0.4) is 0 Å². The van der Waals surface area contributed by atoms with Gasteiger partial charge in [0, 0.05) is 0 Å². The summed E-state index contributed by atoms with van der Waals surface area (Å²) in [5, 5.41) is 0. The van der Waals surface area contributed by atoms with Gasteiger partial charge in [0.1, 0.15) is 6.61 Å². The van der Waals surface area contributed by atoms with E-state index in [1.807, 2.05) is 6.61 Å². The van der Waals surface area contributed by atoms with E-state index >= 15 is 0 Å². The van der Waals surface area contributed by atoms with Crippen LogP contribution in [0.2, 0.25) is 0 Å². The lowest BCUT2D eigenvalue weighted by Crippen LogP contribution is -1.98. The van der Waals surface area contributed by atoms with E-state index in [2.05, 4.69) is 0 Å². The van der Waals surface area contributed by atoms with Crippen LogP contribution in [0.5, 0.6) is 0 Å². The monoisotopic (exact) mass is 97.1 g/mol. The molecule has 0 aromatic carbocycles. The van der Waals surface area contributed by atoms with E-state index in [9.17, 15) is 0 Å². The third-order valence-electron chi connectivity index (χ3n) is 1.90. The van der Waals surface area contributed by atoms with Gasteiger partial charge in [-0.05, 0) is 12.8 Å². The van der Waals surface area contributed by atoms with Crippen molar-refractivity contribution < 1.29 is 4.74 Å². The third-order valence-corrected chi connectivity index (χ3v) is 1.90. The molecular weight excluding hydrogens is 88.1 g/mol. The van der Waals surface area contributed by atoms with Crippen molar-refractivity contribution in [3.63, 3.8) is 0 Å². The normalized spacial score (nSPS) is 34.3. The highest BCUT2D eigenvalue weighted by atomic mass is 16.6. The van der Waals surface area contributed by atoms with Gasteiger partial charge < -0.3 is 4.74 Å². The Morgan fingerprint density at radius 3 is 2.14 bits per heavy atom. The van der Waals surface area contributed by atoms with Gasteiger partial charge in [0.15, 0.2) is 0 Å². The molecule has 39 valence electrons. The molecule has 1 aliphatic heterocycles. The summed E-state index contributed by atoms with van der Waals surface area (Å²) < 4.78 is 5.13.